The fraction of sp³-hybridized carbons (Fsp3) is 0.448. The van der Waals surface area contributed by atoms with E-state index in [1.807, 2.05) is 14.0 Å². The number of aromatic nitrogens is 1. The predicted octanol–water partition coefficient (Wildman–Crippen LogP) is 7.78. The van der Waals surface area contributed by atoms with Crippen molar-refractivity contribution in [2.24, 2.45) is 5.41 Å². The number of hydrogen-bond donors (Lipinski definition) is 3. The molecule has 184 valence electrons. The zero-order valence-corrected chi connectivity index (χ0v) is 21.2. The molecular formula is C29H39F2N3. The third-order valence-corrected chi connectivity index (χ3v) is 7.43. The summed E-state index contributed by atoms with van der Waals surface area (Å²) in [5, 5.41) is 7.22. The van der Waals surface area contributed by atoms with E-state index in [2.05, 4.69) is 49.0 Å². The van der Waals surface area contributed by atoms with Crippen LogP contribution in [0.1, 0.15) is 69.9 Å². The number of hydrogen-bond acceptors (Lipinski definition) is 2. The summed E-state index contributed by atoms with van der Waals surface area (Å²) in [4.78, 5) is 3.25. The number of benzene rings is 2. The van der Waals surface area contributed by atoms with Crippen LogP contribution in [0.25, 0.3) is 22.2 Å². The Kier molecular flexibility index (Phi) is 8.40. The molecule has 1 heterocycles. The number of aryl methyl sites for hydroxylation is 1. The monoisotopic (exact) mass is 467 g/mol. The van der Waals surface area contributed by atoms with Gasteiger partial charge in [0.2, 0.25) is 0 Å². The van der Waals surface area contributed by atoms with E-state index in [1.165, 1.54) is 37.0 Å². The first kappa shape index (κ1) is 25.8. The van der Waals surface area contributed by atoms with Gasteiger partial charge in [0.15, 0.2) is 0 Å². The van der Waals surface area contributed by atoms with E-state index >= 15 is 0 Å². The van der Waals surface area contributed by atoms with E-state index in [4.69, 9.17) is 0 Å². The molecule has 0 radical (unpaired) electrons. The minimum absolute atomic E-state index is 0.219. The van der Waals surface area contributed by atoms with E-state index in [1.54, 1.807) is 18.2 Å². The smallest absolute Gasteiger partial charge is 0.147 e. The average molecular weight is 468 g/mol. The van der Waals surface area contributed by atoms with Crippen molar-refractivity contribution in [3.05, 3.63) is 71.6 Å². The summed E-state index contributed by atoms with van der Waals surface area (Å²) in [7, 11) is 1.88. The molecule has 34 heavy (non-hydrogen) atoms. The first-order chi connectivity index (χ1) is 16.2. The van der Waals surface area contributed by atoms with Crippen molar-refractivity contribution < 1.29 is 8.78 Å². The van der Waals surface area contributed by atoms with Crippen LogP contribution in [-0.2, 0) is 0 Å². The molecule has 1 aliphatic carbocycles. The van der Waals surface area contributed by atoms with Crippen LogP contribution in [0, 0.1) is 24.0 Å². The van der Waals surface area contributed by atoms with Crippen LogP contribution in [0.3, 0.4) is 0 Å². The van der Waals surface area contributed by atoms with Gasteiger partial charge in [-0.3, -0.25) is 0 Å². The normalized spacial score (nSPS) is 13.7. The number of aromatic amines is 1. The van der Waals surface area contributed by atoms with Gasteiger partial charge in [0.25, 0.3) is 0 Å². The maximum atomic E-state index is 14.3. The third-order valence-electron chi connectivity index (χ3n) is 7.43. The Morgan fingerprint density at radius 2 is 1.76 bits per heavy atom. The van der Waals surface area contributed by atoms with E-state index < -0.39 is 0 Å². The largest absolute Gasteiger partial charge is 0.375 e. The summed E-state index contributed by atoms with van der Waals surface area (Å²) in [5.74, 6) is 0.897. The van der Waals surface area contributed by atoms with E-state index in [0.717, 1.165) is 47.4 Å². The molecule has 0 aliphatic heterocycles. The van der Waals surface area contributed by atoms with Crippen molar-refractivity contribution in [2.75, 3.05) is 13.6 Å². The van der Waals surface area contributed by atoms with Crippen LogP contribution in [0.2, 0.25) is 0 Å². The molecule has 1 fully saturated rings. The van der Waals surface area contributed by atoms with Crippen LogP contribution in [0.15, 0.2) is 48.8 Å². The van der Waals surface area contributed by atoms with Gasteiger partial charge in [0.05, 0.1) is 17.0 Å². The van der Waals surface area contributed by atoms with Gasteiger partial charge in [-0.1, -0.05) is 33.8 Å². The zero-order valence-electron chi connectivity index (χ0n) is 21.2. The lowest BCUT2D eigenvalue weighted by Gasteiger charge is -2.27. The molecule has 3 N–H and O–H groups in total. The first-order valence-electron chi connectivity index (χ1n) is 12.4. The minimum Gasteiger partial charge on any atom is -0.375 e. The Morgan fingerprint density at radius 3 is 2.29 bits per heavy atom. The molecule has 1 aromatic heterocycles. The van der Waals surface area contributed by atoms with Gasteiger partial charge in [-0.15, -0.1) is 0 Å². The summed E-state index contributed by atoms with van der Waals surface area (Å²) < 4.78 is 27.5. The molecule has 1 aliphatic rings. The topological polar surface area (TPSA) is 39.8 Å². The van der Waals surface area contributed by atoms with Crippen LogP contribution in [-0.4, -0.2) is 18.6 Å². The van der Waals surface area contributed by atoms with Crippen molar-refractivity contribution in [3.8, 4) is 11.3 Å². The van der Waals surface area contributed by atoms with Crippen LogP contribution >= 0.6 is 0 Å². The predicted molar refractivity (Wildman–Crippen MR) is 140 cm³/mol. The molecular weight excluding hydrogens is 428 g/mol. The zero-order chi connectivity index (χ0) is 24.9. The highest BCUT2D eigenvalue weighted by molar-refractivity contribution is 5.92. The highest BCUT2D eigenvalue weighted by atomic mass is 19.1. The average Bonchev–Trinajstić information content (AvgIpc) is 3.16. The van der Waals surface area contributed by atoms with Crippen LogP contribution in [0.4, 0.5) is 8.78 Å². The summed E-state index contributed by atoms with van der Waals surface area (Å²) in [6, 6.07) is 10.0. The summed E-state index contributed by atoms with van der Waals surface area (Å²) in [6.07, 6.45) is 5.89. The van der Waals surface area contributed by atoms with E-state index in [9.17, 15) is 8.78 Å². The third kappa shape index (κ3) is 5.81. The van der Waals surface area contributed by atoms with Gasteiger partial charge in [0.1, 0.15) is 11.6 Å². The Hall–Kier alpha value is -2.82. The second-order valence-electron chi connectivity index (χ2n) is 9.82. The maximum Gasteiger partial charge on any atom is 0.147 e. The van der Waals surface area contributed by atoms with Gasteiger partial charge >= 0.3 is 0 Å². The molecule has 3 aromatic rings. The lowest BCUT2D eigenvalue weighted by Crippen LogP contribution is -2.33. The Morgan fingerprint density at radius 1 is 1.12 bits per heavy atom. The molecule has 1 saturated carbocycles. The van der Waals surface area contributed by atoms with Crippen molar-refractivity contribution in [2.45, 2.75) is 65.7 Å². The molecule has 0 unspecified atom stereocenters. The van der Waals surface area contributed by atoms with Crippen molar-refractivity contribution >= 4 is 10.9 Å². The van der Waals surface area contributed by atoms with E-state index in [0.29, 0.717) is 16.8 Å². The number of halogens is 2. The molecule has 0 amide bonds. The maximum absolute atomic E-state index is 14.3. The summed E-state index contributed by atoms with van der Waals surface area (Å²) in [6.45, 7) is 13.5. The molecule has 0 saturated heterocycles. The number of fused-ring (bicyclic) bond motifs is 1. The standard InChI is InChI=1S/C19H17F2N.C10H22N2/c1-11-9-15-17(12-3-2-4-12)18(22-19(15)16(21)10-11)13-5-7-14(20)8-6-13;1-6-10(4,7-2)8-12-9(3)11-5/h5-10,12,22H,2-4H2,1H3;11-12H,3,6-8H2,1-2,4-5H3. The fourth-order valence-corrected chi connectivity index (χ4v) is 4.28. The molecule has 3 nitrogen and oxygen atoms in total. The van der Waals surface area contributed by atoms with Crippen molar-refractivity contribution in [1.29, 1.82) is 0 Å². The number of nitrogens with one attached hydrogen (secondary N) is 3. The van der Waals surface area contributed by atoms with Crippen molar-refractivity contribution in [3.63, 3.8) is 0 Å². The highest BCUT2D eigenvalue weighted by Gasteiger charge is 2.27. The summed E-state index contributed by atoms with van der Waals surface area (Å²) in [5.41, 5.74) is 4.93. The lowest BCUT2D eigenvalue weighted by molar-refractivity contribution is 0.289. The molecule has 0 atom stereocenters. The van der Waals surface area contributed by atoms with Gasteiger partial charge in [-0.05, 0) is 97.0 Å². The Bertz CT molecular complexity index is 1110. The van der Waals surface area contributed by atoms with Gasteiger partial charge < -0.3 is 15.6 Å². The molecule has 0 spiro atoms. The van der Waals surface area contributed by atoms with Gasteiger partial charge in [0, 0.05) is 19.0 Å². The first-order valence-corrected chi connectivity index (χ1v) is 12.4. The number of rotatable bonds is 8. The number of H-pyrrole nitrogens is 1. The second kappa shape index (κ2) is 11.1. The molecule has 0 bridgehead atoms. The molecule has 5 heteroatoms. The Balaban J connectivity index is 0.000000232. The van der Waals surface area contributed by atoms with Gasteiger partial charge in [-0.25, -0.2) is 8.78 Å². The van der Waals surface area contributed by atoms with E-state index in [-0.39, 0.29) is 11.6 Å². The Labute approximate surface area is 203 Å². The van der Waals surface area contributed by atoms with Gasteiger partial charge in [-0.2, -0.15) is 0 Å². The lowest BCUT2D eigenvalue weighted by atomic mass is 9.78. The van der Waals surface area contributed by atoms with Crippen LogP contribution < -0.4 is 10.6 Å². The summed E-state index contributed by atoms with van der Waals surface area (Å²) >= 11 is 0. The molecule has 2 aromatic carbocycles. The quantitative estimate of drug-likeness (QED) is 0.316. The minimum atomic E-state index is -0.257. The highest BCUT2D eigenvalue weighted by Crippen LogP contribution is 2.45. The SMILES string of the molecule is C=C(NC)NCC(C)(CC)CC.Cc1cc(F)c2[nH]c(-c3ccc(F)cc3)c(C3CCC3)c2c1. The van der Waals surface area contributed by atoms with Crippen LogP contribution in [0.5, 0.6) is 0 Å². The second-order valence-corrected chi connectivity index (χ2v) is 9.82. The fourth-order valence-electron chi connectivity index (χ4n) is 4.28. The molecule has 4 rings (SSSR count). The van der Waals surface area contributed by atoms with Crippen molar-refractivity contribution in [1.82, 2.24) is 15.6 Å².